The third-order valence-electron chi connectivity index (χ3n) is 0. The Bertz CT molecular complexity index is 128. The SMILES string of the molecule is N=[N+]=N.N=[N+]=N.O=S([O-])O.[Ag]. The van der Waals surface area contributed by atoms with Crippen LogP contribution < -0.4 is 9.82 Å². The van der Waals surface area contributed by atoms with Gasteiger partial charge in [-0.05, 0) is 0 Å². The molecule has 0 saturated carbocycles. The van der Waals surface area contributed by atoms with Crippen LogP contribution in [0.25, 0.3) is 0 Å². The molecule has 0 bridgehead atoms. The molecule has 0 aliphatic heterocycles. The molecule has 1 atom stereocenters. The maximum atomic E-state index is 8.56. The first kappa shape index (κ1) is 22.4. The van der Waals surface area contributed by atoms with E-state index in [4.69, 9.17) is 35.4 Å². The van der Waals surface area contributed by atoms with Crippen molar-refractivity contribution < 1.29 is 35.7 Å². The number of hydrogen-bond donors (Lipinski definition) is 5. The van der Waals surface area contributed by atoms with Gasteiger partial charge in [-0.3, -0.25) is 0 Å². The number of hydrogen-bond acceptors (Lipinski definition) is 6. The quantitative estimate of drug-likeness (QED) is 0.174. The molecular weight excluding hydrogens is 272 g/mol. The summed E-state index contributed by atoms with van der Waals surface area (Å²) in [5.41, 5.74) is 22.0. The molecule has 1 radical (unpaired) electrons. The first-order valence-electron chi connectivity index (χ1n) is 1.41. The van der Waals surface area contributed by atoms with Crippen LogP contribution in [0, 0.1) is 22.1 Å². The average molecular weight is 277 g/mol. The van der Waals surface area contributed by atoms with Crippen LogP contribution in [0.2, 0.25) is 0 Å². The van der Waals surface area contributed by atoms with E-state index in [0.717, 1.165) is 0 Å². The van der Waals surface area contributed by atoms with E-state index < -0.39 is 11.4 Å². The van der Waals surface area contributed by atoms with E-state index in [-0.39, 0.29) is 22.4 Å². The van der Waals surface area contributed by atoms with Gasteiger partial charge in [0.2, 0.25) is 9.82 Å². The topological polar surface area (TPSA) is 184 Å². The Morgan fingerprint density at radius 1 is 1.18 bits per heavy atom. The summed E-state index contributed by atoms with van der Waals surface area (Å²) in [7, 11) is 0. The fourth-order valence-corrected chi connectivity index (χ4v) is 0. The van der Waals surface area contributed by atoms with Gasteiger partial charge in [0, 0.05) is 22.4 Å². The standard InChI is InChI=1S/Ag.2H2N3.H2O3S/c;2*1-3-2;1-4(2)3/h;2*1-2H;(H2,1,2,3)/q;2*+1;/p-1. The minimum Gasteiger partial charge on any atom is -0.750 e. The Morgan fingerprint density at radius 3 is 1.18 bits per heavy atom. The molecule has 0 rings (SSSR count). The summed E-state index contributed by atoms with van der Waals surface area (Å²) in [5.74, 6) is 0. The van der Waals surface area contributed by atoms with Crippen LogP contribution in [-0.4, -0.2) is 13.3 Å². The molecular formula is H5AgN6O3S+. The van der Waals surface area contributed by atoms with Gasteiger partial charge in [0.1, 0.15) is 22.1 Å². The van der Waals surface area contributed by atoms with Gasteiger partial charge in [-0.15, -0.1) is 0 Å². The van der Waals surface area contributed by atoms with Crippen LogP contribution in [0.3, 0.4) is 0 Å². The van der Waals surface area contributed by atoms with Gasteiger partial charge in [-0.25, -0.2) is 4.21 Å². The zero-order chi connectivity index (χ0) is 8.99. The van der Waals surface area contributed by atoms with E-state index >= 15 is 0 Å². The van der Waals surface area contributed by atoms with Crippen molar-refractivity contribution in [3.05, 3.63) is 0 Å². The monoisotopic (exact) mass is 276 g/mol. The van der Waals surface area contributed by atoms with E-state index in [1.807, 2.05) is 9.82 Å². The predicted molar refractivity (Wildman–Crippen MR) is 26.7 cm³/mol. The second-order valence-electron chi connectivity index (χ2n) is 0.441. The summed E-state index contributed by atoms with van der Waals surface area (Å²) in [5, 5.41) is 0. The van der Waals surface area contributed by atoms with Crippen molar-refractivity contribution in [1.82, 2.24) is 9.82 Å². The number of nitrogens with zero attached hydrogens (tertiary/aromatic N) is 2. The van der Waals surface area contributed by atoms with Gasteiger partial charge < -0.3 is 9.11 Å². The maximum absolute atomic E-state index is 8.56. The third kappa shape index (κ3) is 1600. The molecule has 0 aromatic rings. The molecule has 69 valence electrons. The largest absolute Gasteiger partial charge is 0.750 e. The van der Waals surface area contributed by atoms with E-state index in [1.54, 1.807) is 0 Å². The zero-order valence-electron chi connectivity index (χ0n) is 4.87. The first-order chi connectivity index (χ1) is 4.56. The Balaban J connectivity index is -0.0000000325. The second kappa shape index (κ2) is 34.1. The minimum absolute atomic E-state index is 0. The van der Waals surface area contributed by atoms with E-state index in [0.29, 0.717) is 0 Å². The molecule has 11 heavy (non-hydrogen) atoms. The van der Waals surface area contributed by atoms with Gasteiger partial charge >= 0.3 is 0 Å². The summed E-state index contributed by atoms with van der Waals surface area (Å²) in [6, 6.07) is 0. The first-order valence-corrected chi connectivity index (χ1v) is 2.44. The Labute approximate surface area is 79.2 Å². The van der Waals surface area contributed by atoms with Crippen molar-refractivity contribution >= 4 is 11.4 Å². The van der Waals surface area contributed by atoms with Gasteiger partial charge in [0.05, 0.1) is 11.4 Å². The summed E-state index contributed by atoms with van der Waals surface area (Å²) in [6.07, 6.45) is 0. The van der Waals surface area contributed by atoms with Crippen LogP contribution in [0.4, 0.5) is 0 Å². The van der Waals surface area contributed by atoms with Crippen LogP contribution in [0.1, 0.15) is 0 Å². The molecule has 0 aliphatic carbocycles. The summed E-state index contributed by atoms with van der Waals surface area (Å²) in [6.45, 7) is 0. The van der Waals surface area contributed by atoms with Crippen molar-refractivity contribution in [3.63, 3.8) is 0 Å². The molecule has 1 unspecified atom stereocenters. The maximum Gasteiger partial charge on any atom is 0.211 e. The minimum atomic E-state index is -2.86. The van der Waals surface area contributed by atoms with Crippen molar-refractivity contribution in [2.75, 3.05) is 0 Å². The van der Waals surface area contributed by atoms with E-state index in [2.05, 4.69) is 0 Å². The van der Waals surface area contributed by atoms with Gasteiger partial charge in [-0.1, -0.05) is 0 Å². The Kier molecular flexibility index (Phi) is 69.6. The second-order valence-corrected chi connectivity index (χ2v) is 0.875. The zero-order valence-corrected chi connectivity index (χ0v) is 7.17. The normalized spacial score (nSPS) is 7.09. The van der Waals surface area contributed by atoms with Crippen LogP contribution >= 0.6 is 0 Å². The molecule has 0 aliphatic rings. The fraction of sp³-hybridized carbons (Fsp3) is 0. The molecule has 11 heteroatoms. The predicted octanol–water partition coefficient (Wildman–Crippen LogP) is -0.433. The smallest absolute Gasteiger partial charge is 0.211 e. The molecule has 0 aromatic carbocycles. The van der Waals surface area contributed by atoms with Crippen LogP contribution in [0.5, 0.6) is 0 Å². The van der Waals surface area contributed by atoms with Crippen LogP contribution in [0.15, 0.2) is 0 Å². The molecule has 0 heterocycles. The Hall–Kier alpha value is -0.570. The Morgan fingerprint density at radius 2 is 1.18 bits per heavy atom. The summed E-state index contributed by atoms with van der Waals surface area (Å²) >= 11 is -2.86. The van der Waals surface area contributed by atoms with Crippen molar-refractivity contribution in [3.8, 4) is 0 Å². The average Bonchev–Trinajstić information content (AvgIpc) is 1.65. The van der Waals surface area contributed by atoms with Gasteiger partial charge in [0.15, 0.2) is 0 Å². The van der Waals surface area contributed by atoms with E-state index in [1.165, 1.54) is 0 Å². The van der Waals surface area contributed by atoms with E-state index in [9.17, 15) is 0 Å². The summed E-state index contributed by atoms with van der Waals surface area (Å²) in [4.78, 5) is 4.00. The molecule has 9 nitrogen and oxygen atoms in total. The molecule has 0 saturated heterocycles. The summed E-state index contributed by atoms with van der Waals surface area (Å²) < 4.78 is 24.1. The molecule has 0 spiro atoms. The molecule has 5 N–H and O–H groups in total. The van der Waals surface area contributed by atoms with Gasteiger partial charge in [0.25, 0.3) is 0 Å². The van der Waals surface area contributed by atoms with Crippen LogP contribution in [-0.2, 0) is 33.7 Å². The van der Waals surface area contributed by atoms with Crippen molar-refractivity contribution in [1.29, 1.82) is 22.1 Å². The third-order valence-corrected chi connectivity index (χ3v) is 0. The fourth-order valence-electron chi connectivity index (χ4n) is 0. The number of nitrogens with one attached hydrogen (secondary N) is 4. The number of rotatable bonds is 0. The van der Waals surface area contributed by atoms with Crippen molar-refractivity contribution in [2.45, 2.75) is 0 Å². The van der Waals surface area contributed by atoms with Gasteiger partial charge in [-0.2, -0.15) is 0 Å². The molecule has 0 aromatic heterocycles. The molecule has 0 amide bonds. The van der Waals surface area contributed by atoms with Crippen molar-refractivity contribution in [2.24, 2.45) is 0 Å². The molecule has 0 fully saturated rings.